The first-order valence-corrected chi connectivity index (χ1v) is 6.04. The SMILES string of the molecule is CCOC(=O)N1CCC(C)=C(C)C1OCC(F)(F)F. The molecule has 110 valence electrons. The molecule has 1 aliphatic heterocycles. The zero-order valence-corrected chi connectivity index (χ0v) is 11.2. The summed E-state index contributed by atoms with van der Waals surface area (Å²) < 4.78 is 46.4. The highest BCUT2D eigenvalue weighted by molar-refractivity contribution is 5.68. The number of hydrogen-bond donors (Lipinski definition) is 0. The van der Waals surface area contributed by atoms with Crippen molar-refractivity contribution in [3.63, 3.8) is 0 Å². The summed E-state index contributed by atoms with van der Waals surface area (Å²) in [5.74, 6) is 0. The fraction of sp³-hybridized carbons (Fsp3) is 0.750. The lowest BCUT2D eigenvalue weighted by Gasteiger charge is -2.36. The first kappa shape index (κ1) is 15.8. The van der Waals surface area contributed by atoms with E-state index in [-0.39, 0.29) is 6.61 Å². The molecule has 0 bridgehead atoms. The van der Waals surface area contributed by atoms with Crippen molar-refractivity contribution in [3.05, 3.63) is 11.1 Å². The minimum absolute atomic E-state index is 0.170. The van der Waals surface area contributed by atoms with Crippen LogP contribution in [0, 0.1) is 0 Å². The van der Waals surface area contributed by atoms with E-state index in [1.54, 1.807) is 13.8 Å². The zero-order chi connectivity index (χ0) is 14.6. The third-order valence-corrected chi connectivity index (χ3v) is 2.96. The highest BCUT2D eigenvalue weighted by atomic mass is 19.4. The van der Waals surface area contributed by atoms with Gasteiger partial charge in [-0.25, -0.2) is 4.79 Å². The molecule has 7 heteroatoms. The Hall–Kier alpha value is -1.24. The van der Waals surface area contributed by atoms with Crippen molar-refractivity contribution < 1.29 is 27.4 Å². The number of carbonyl (C=O) groups excluding carboxylic acids is 1. The Labute approximate surface area is 110 Å². The summed E-state index contributed by atoms with van der Waals surface area (Å²) in [6.45, 7) is 4.21. The third-order valence-electron chi connectivity index (χ3n) is 2.96. The molecule has 0 aromatic rings. The van der Waals surface area contributed by atoms with Gasteiger partial charge in [-0.1, -0.05) is 5.57 Å². The predicted molar refractivity (Wildman–Crippen MR) is 62.5 cm³/mol. The van der Waals surface area contributed by atoms with E-state index in [1.165, 1.54) is 4.90 Å². The predicted octanol–water partition coefficient (Wildman–Crippen LogP) is 3.09. The van der Waals surface area contributed by atoms with Crippen LogP contribution in [0.4, 0.5) is 18.0 Å². The highest BCUT2D eigenvalue weighted by Gasteiger charge is 2.35. The monoisotopic (exact) mass is 281 g/mol. The molecule has 1 amide bonds. The average Bonchev–Trinajstić information content (AvgIpc) is 2.30. The Kier molecular flexibility index (Phi) is 5.22. The van der Waals surface area contributed by atoms with Gasteiger partial charge < -0.3 is 9.47 Å². The van der Waals surface area contributed by atoms with E-state index in [4.69, 9.17) is 9.47 Å². The fourth-order valence-corrected chi connectivity index (χ4v) is 1.83. The molecular formula is C12H18F3NO3. The Balaban J connectivity index is 2.82. The van der Waals surface area contributed by atoms with Gasteiger partial charge in [-0.3, -0.25) is 4.90 Å². The molecule has 0 fully saturated rings. The maximum Gasteiger partial charge on any atom is 0.412 e. The van der Waals surface area contributed by atoms with Crippen LogP contribution in [-0.4, -0.2) is 43.2 Å². The van der Waals surface area contributed by atoms with Gasteiger partial charge in [0.15, 0.2) is 6.23 Å². The lowest BCUT2D eigenvalue weighted by molar-refractivity contribution is -0.195. The number of hydrogen-bond acceptors (Lipinski definition) is 3. The van der Waals surface area contributed by atoms with Crippen molar-refractivity contribution >= 4 is 6.09 Å². The Morgan fingerprint density at radius 2 is 2.05 bits per heavy atom. The van der Waals surface area contributed by atoms with Crippen LogP contribution in [0.1, 0.15) is 27.2 Å². The molecule has 0 saturated heterocycles. The van der Waals surface area contributed by atoms with Crippen LogP contribution in [-0.2, 0) is 9.47 Å². The first-order chi connectivity index (χ1) is 8.76. The molecule has 1 aliphatic rings. The maximum absolute atomic E-state index is 12.2. The molecule has 1 atom stereocenters. The average molecular weight is 281 g/mol. The molecule has 0 aromatic carbocycles. The van der Waals surface area contributed by atoms with Crippen LogP contribution >= 0.6 is 0 Å². The van der Waals surface area contributed by atoms with Crippen molar-refractivity contribution in [2.45, 2.75) is 39.6 Å². The molecule has 0 aliphatic carbocycles. The first-order valence-electron chi connectivity index (χ1n) is 6.04. The molecule has 1 unspecified atom stereocenters. The van der Waals surface area contributed by atoms with Crippen molar-refractivity contribution in [2.24, 2.45) is 0 Å². The quantitative estimate of drug-likeness (QED) is 0.746. The Bertz CT molecular complexity index is 366. The second-order valence-corrected chi connectivity index (χ2v) is 4.38. The van der Waals surface area contributed by atoms with Crippen LogP contribution in [0.15, 0.2) is 11.1 Å². The topological polar surface area (TPSA) is 38.8 Å². The number of alkyl halides is 3. The maximum atomic E-state index is 12.2. The smallest absolute Gasteiger partial charge is 0.412 e. The largest absolute Gasteiger partial charge is 0.450 e. The van der Waals surface area contributed by atoms with E-state index >= 15 is 0 Å². The molecule has 19 heavy (non-hydrogen) atoms. The summed E-state index contributed by atoms with van der Waals surface area (Å²) in [5, 5.41) is 0. The zero-order valence-electron chi connectivity index (χ0n) is 11.2. The lowest BCUT2D eigenvalue weighted by atomic mass is 10.0. The second kappa shape index (κ2) is 6.27. The molecule has 0 N–H and O–H groups in total. The summed E-state index contributed by atoms with van der Waals surface area (Å²) in [4.78, 5) is 12.9. The minimum Gasteiger partial charge on any atom is -0.450 e. The van der Waals surface area contributed by atoms with Crippen LogP contribution in [0.25, 0.3) is 0 Å². The van der Waals surface area contributed by atoms with Crippen molar-refractivity contribution in [1.29, 1.82) is 0 Å². The third kappa shape index (κ3) is 4.41. The minimum atomic E-state index is -4.42. The number of nitrogens with zero attached hydrogens (tertiary/aromatic N) is 1. The van der Waals surface area contributed by atoms with E-state index in [2.05, 4.69) is 0 Å². The molecule has 0 spiro atoms. The fourth-order valence-electron chi connectivity index (χ4n) is 1.83. The van der Waals surface area contributed by atoms with Crippen molar-refractivity contribution in [2.75, 3.05) is 19.8 Å². The van der Waals surface area contributed by atoms with E-state index in [9.17, 15) is 18.0 Å². The number of ether oxygens (including phenoxy) is 2. The summed E-state index contributed by atoms with van der Waals surface area (Å²) in [5.41, 5.74) is 1.57. The van der Waals surface area contributed by atoms with Gasteiger partial charge in [-0.15, -0.1) is 0 Å². The van der Waals surface area contributed by atoms with E-state index in [0.29, 0.717) is 18.5 Å². The van der Waals surface area contributed by atoms with Gasteiger partial charge >= 0.3 is 12.3 Å². The van der Waals surface area contributed by atoms with Crippen molar-refractivity contribution in [1.82, 2.24) is 4.90 Å². The number of rotatable bonds is 3. The summed E-state index contributed by atoms with van der Waals surface area (Å²) >= 11 is 0. The second-order valence-electron chi connectivity index (χ2n) is 4.38. The standard InChI is InChI=1S/C12H18F3NO3/c1-4-18-11(17)16-6-5-8(2)9(3)10(16)19-7-12(13,14)15/h10H,4-7H2,1-3H3. The Morgan fingerprint density at radius 3 is 2.58 bits per heavy atom. The summed E-state index contributed by atoms with van der Waals surface area (Å²) in [6.07, 6.45) is -5.47. The van der Waals surface area contributed by atoms with Gasteiger partial charge in [0.05, 0.1) is 6.61 Å². The normalized spacial score (nSPS) is 20.7. The van der Waals surface area contributed by atoms with E-state index < -0.39 is 25.1 Å². The van der Waals surface area contributed by atoms with Gasteiger partial charge in [0.1, 0.15) is 6.61 Å². The van der Waals surface area contributed by atoms with Gasteiger partial charge in [0.25, 0.3) is 0 Å². The van der Waals surface area contributed by atoms with E-state index in [1.807, 2.05) is 6.92 Å². The molecule has 4 nitrogen and oxygen atoms in total. The summed E-state index contributed by atoms with van der Waals surface area (Å²) in [7, 11) is 0. The van der Waals surface area contributed by atoms with Crippen LogP contribution in [0.2, 0.25) is 0 Å². The molecule has 0 aromatic heterocycles. The molecular weight excluding hydrogens is 263 g/mol. The highest BCUT2D eigenvalue weighted by Crippen LogP contribution is 2.27. The summed E-state index contributed by atoms with van der Waals surface area (Å²) in [6, 6.07) is 0. The number of carbonyl (C=O) groups is 1. The molecule has 0 radical (unpaired) electrons. The number of amides is 1. The molecule has 1 rings (SSSR count). The van der Waals surface area contributed by atoms with Gasteiger partial charge in [-0.2, -0.15) is 13.2 Å². The van der Waals surface area contributed by atoms with Crippen LogP contribution in [0.5, 0.6) is 0 Å². The van der Waals surface area contributed by atoms with Gasteiger partial charge in [0.2, 0.25) is 0 Å². The Morgan fingerprint density at radius 1 is 1.42 bits per heavy atom. The van der Waals surface area contributed by atoms with Crippen molar-refractivity contribution in [3.8, 4) is 0 Å². The number of halogens is 3. The van der Waals surface area contributed by atoms with E-state index in [0.717, 1.165) is 5.57 Å². The molecule has 0 saturated carbocycles. The lowest BCUT2D eigenvalue weighted by Crippen LogP contribution is -2.47. The van der Waals surface area contributed by atoms with Gasteiger partial charge in [-0.05, 0) is 32.8 Å². The van der Waals surface area contributed by atoms with Crippen LogP contribution in [0.3, 0.4) is 0 Å². The molecule has 1 heterocycles. The van der Waals surface area contributed by atoms with Gasteiger partial charge in [0, 0.05) is 6.54 Å². The van der Waals surface area contributed by atoms with Crippen LogP contribution < -0.4 is 0 Å².